The minimum atomic E-state index is -0.636. The quantitative estimate of drug-likeness (QED) is 0.790. The van der Waals surface area contributed by atoms with Crippen molar-refractivity contribution < 1.29 is 9.59 Å². The predicted molar refractivity (Wildman–Crippen MR) is 80.7 cm³/mol. The normalized spacial score (nSPS) is 29.7. The number of fused-ring (bicyclic) bond motifs is 2. The zero-order valence-electron chi connectivity index (χ0n) is 12.9. The standard InChI is InChI=1S/C14H19N7O2/c1-19-2-3-20(14(19)23)10-4-8-5-11(10)21(7-8)13-16-6-9(12(15)22)17-18-13/h6,8,10-11H,2-5,7H2,1H3,(H2,15,22). The van der Waals surface area contributed by atoms with Gasteiger partial charge in [0.25, 0.3) is 5.91 Å². The Morgan fingerprint density at radius 2 is 1.96 bits per heavy atom. The van der Waals surface area contributed by atoms with E-state index in [-0.39, 0.29) is 23.8 Å². The number of carbonyl (C=O) groups excluding carboxylic acids is 2. The van der Waals surface area contributed by atoms with E-state index in [2.05, 4.69) is 20.1 Å². The van der Waals surface area contributed by atoms with E-state index in [1.165, 1.54) is 6.20 Å². The smallest absolute Gasteiger partial charge is 0.320 e. The molecule has 1 aliphatic carbocycles. The largest absolute Gasteiger partial charge is 0.364 e. The summed E-state index contributed by atoms with van der Waals surface area (Å²) in [5.74, 6) is 0.415. The molecule has 3 unspecified atom stereocenters. The number of carbonyl (C=O) groups is 2. The number of rotatable bonds is 3. The number of aromatic nitrogens is 3. The number of nitrogens with two attached hydrogens (primary N) is 1. The van der Waals surface area contributed by atoms with Gasteiger partial charge in [0.2, 0.25) is 5.95 Å². The summed E-state index contributed by atoms with van der Waals surface area (Å²) in [7, 11) is 1.84. The Balaban J connectivity index is 1.55. The van der Waals surface area contributed by atoms with Gasteiger partial charge >= 0.3 is 6.03 Å². The molecular weight excluding hydrogens is 298 g/mol. The molecule has 9 nitrogen and oxygen atoms in total. The molecule has 122 valence electrons. The maximum atomic E-state index is 12.3. The highest BCUT2D eigenvalue weighted by atomic mass is 16.2. The van der Waals surface area contributed by atoms with E-state index >= 15 is 0 Å². The third-order valence-electron chi connectivity index (χ3n) is 5.16. The lowest BCUT2D eigenvalue weighted by atomic mass is 10.0. The van der Waals surface area contributed by atoms with Gasteiger partial charge in [-0.15, -0.1) is 10.2 Å². The molecule has 0 aromatic carbocycles. The van der Waals surface area contributed by atoms with Crippen molar-refractivity contribution in [3.63, 3.8) is 0 Å². The van der Waals surface area contributed by atoms with E-state index in [0.717, 1.165) is 32.5 Å². The van der Waals surface area contributed by atoms with Crippen molar-refractivity contribution in [1.82, 2.24) is 25.0 Å². The van der Waals surface area contributed by atoms with Crippen LogP contribution in [0.2, 0.25) is 0 Å². The number of hydrogen-bond acceptors (Lipinski definition) is 6. The number of hydrogen-bond donors (Lipinski definition) is 1. The second kappa shape index (κ2) is 5.04. The van der Waals surface area contributed by atoms with Gasteiger partial charge in [0.15, 0.2) is 5.69 Å². The van der Waals surface area contributed by atoms with Crippen LogP contribution in [0.1, 0.15) is 23.3 Å². The Morgan fingerprint density at radius 1 is 1.22 bits per heavy atom. The van der Waals surface area contributed by atoms with Gasteiger partial charge in [-0.1, -0.05) is 0 Å². The average molecular weight is 317 g/mol. The minimum Gasteiger partial charge on any atom is -0.364 e. The molecule has 2 aliphatic heterocycles. The molecule has 23 heavy (non-hydrogen) atoms. The van der Waals surface area contributed by atoms with Crippen LogP contribution in [0.4, 0.5) is 10.7 Å². The zero-order valence-corrected chi connectivity index (χ0v) is 12.9. The number of primary amides is 1. The molecule has 2 N–H and O–H groups in total. The number of urea groups is 1. The van der Waals surface area contributed by atoms with Crippen molar-refractivity contribution in [3.8, 4) is 0 Å². The number of nitrogens with zero attached hydrogens (tertiary/aromatic N) is 6. The second-order valence-electron chi connectivity index (χ2n) is 6.53. The van der Waals surface area contributed by atoms with Gasteiger partial charge in [-0.2, -0.15) is 0 Å². The van der Waals surface area contributed by atoms with Crippen LogP contribution in [0.3, 0.4) is 0 Å². The third kappa shape index (κ3) is 2.18. The lowest BCUT2D eigenvalue weighted by Crippen LogP contribution is -2.52. The van der Waals surface area contributed by atoms with Crippen LogP contribution in [0.5, 0.6) is 0 Å². The molecule has 2 saturated heterocycles. The van der Waals surface area contributed by atoms with Crippen molar-refractivity contribution in [1.29, 1.82) is 0 Å². The Labute approximate surface area is 133 Å². The summed E-state index contributed by atoms with van der Waals surface area (Å²) in [5, 5.41) is 7.88. The maximum absolute atomic E-state index is 12.3. The molecule has 1 saturated carbocycles. The average Bonchev–Trinajstić information content (AvgIpc) is 3.23. The van der Waals surface area contributed by atoms with Gasteiger partial charge in [0.1, 0.15) is 0 Å². The monoisotopic (exact) mass is 317 g/mol. The fourth-order valence-corrected chi connectivity index (χ4v) is 4.05. The first-order chi connectivity index (χ1) is 11.0. The van der Waals surface area contributed by atoms with E-state index in [4.69, 9.17) is 5.73 Å². The summed E-state index contributed by atoms with van der Waals surface area (Å²) in [4.78, 5) is 33.4. The highest BCUT2D eigenvalue weighted by Crippen LogP contribution is 2.42. The van der Waals surface area contributed by atoms with Crippen molar-refractivity contribution in [2.45, 2.75) is 24.9 Å². The predicted octanol–water partition coefficient (Wildman–Crippen LogP) is -0.695. The molecule has 0 spiro atoms. The molecular formula is C14H19N7O2. The van der Waals surface area contributed by atoms with Crippen molar-refractivity contribution >= 4 is 17.9 Å². The topological polar surface area (TPSA) is 109 Å². The van der Waals surface area contributed by atoms with Crippen LogP contribution in [0.15, 0.2) is 6.20 Å². The van der Waals surface area contributed by atoms with Gasteiger partial charge in [-0.3, -0.25) is 4.79 Å². The van der Waals surface area contributed by atoms with Crippen molar-refractivity contribution in [3.05, 3.63) is 11.9 Å². The lowest BCUT2D eigenvalue weighted by molar-refractivity contribution is 0.0994. The number of likely N-dealkylation sites (N-methyl/N-ethyl adjacent to an activating group) is 1. The van der Waals surface area contributed by atoms with Gasteiger partial charge in [0, 0.05) is 26.7 Å². The van der Waals surface area contributed by atoms with Crippen LogP contribution in [-0.2, 0) is 0 Å². The zero-order chi connectivity index (χ0) is 16.1. The Hall–Kier alpha value is -2.45. The van der Waals surface area contributed by atoms with E-state index in [1.807, 2.05) is 11.9 Å². The molecule has 3 fully saturated rings. The van der Waals surface area contributed by atoms with E-state index in [1.54, 1.807) is 4.90 Å². The van der Waals surface area contributed by atoms with E-state index in [9.17, 15) is 9.59 Å². The molecule has 1 aromatic rings. The highest BCUT2D eigenvalue weighted by molar-refractivity contribution is 5.90. The first-order valence-corrected chi connectivity index (χ1v) is 7.82. The Bertz CT molecular complexity index is 649. The molecule has 3 amide bonds. The fourth-order valence-electron chi connectivity index (χ4n) is 4.05. The highest BCUT2D eigenvalue weighted by Gasteiger charge is 2.50. The van der Waals surface area contributed by atoms with Crippen LogP contribution in [0, 0.1) is 5.92 Å². The second-order valence-corrected chi connectivity index (χ2v) is 6.53. The Kier molecular flexibility index (Phi) is 3.10. The van der Waals surface area contributed by atoms with Gasteiger partial charge < -0.3 is 20.4 Å². The van der Waals surface area contributed by atoms with Gasteiger partial charge in [-0.05, 0) is 18.8 Å². The number of anilines is 1. The van der Waals surface area contributed by atoms with Crippen LogP contribution < -0.4 is 10.6 Å². The summed E-state index contributed by atoms with van der Waals surface area (Å²) >= 11 is 0. The van der Waals surface area contributed by atoms with Crippen molar-refractivity contribution in [2.24, 2.45) is 11.7 Å². The van der Waals surface area contributed by atoms with E-state index < -0.39 is 5.91 Å². The van der Waals surface area contributed by atoms with Crippen LogP contribution in [0.25, 0.3) is 0 Å². The number of amides is 3. The first-order valence-electron chi connectivity index (χ1n) is 7.82. The summed E-state index contributed by atoms with van der Waals surface area (Å²) in [6.07, 6.45) is 3.44. The minimum absolute atomic E-state index is 0.0611. The molecule has 4 rings (SSSR count). The molecule has 0 radical (unpaired) electrons. The molecule has 3 heterocycles. The molecule has 2 bridgehead atoms. The fraction of sp³-hybridized carbons (Fsp3) is 0.643. The molecule has 1 aromatic heterocycles. The molecule has 9 heteroatoms. The summed E-state index contributed by atoms with van der Waals surface area (Å²) < 4.78 is 0. The Morgan fingerprint density at radius 3 is 2.48 bits per heavy atom. The summed E-state index contributed by atoms with van der Waals surface area (Å²) in [5.41, 5.74) is 5.23. The third-order valence-corrected chi connectivity index (χ3v) is 5.16. The van der Waals surface area contributed by atoms with Crippen LogP contribution in [-0.4, -0.2) is 75.7 Å². The van der Waals surface area contributed by atoms with Gasteiger partial charge in [0.05, 0.1) is 18.3 Å². The number of piperidine rings is 1. The van der Waals surface area contributed by atoms with E-state index in [0.29, 0.717) is 11.9 Å². The SMILES string of the molecule is CN1CCN(C2CC3CC2N(c2ncc(C(N)=O)nn2)C3)C1=O. The van der Waals surface area contributed by atoms with Crippen molar-refractivity contribution in [2.75, 3.05) is 31.6 Å². The maximum Gasteiger partial charge on any atom is 0.320 e. The summed E-state index contributed by atoms with van der Waals surface area (Å²) in [6, 6.07) is 0.521. The first kappa shape index (κ1) is 14.2. The molecule has 3 atom stereocenters. The van der Waals surface area contributed by atoms with Gasteiger partial charge in [-0.25, -0.2) is 9.78 Å². The molecule has 3 aliphatic rings. The summed E-state index contributed by atoms with van der Waals surface area (Å²) in [6.45, 7) is 2.42. The van der Waals surface area contributed by atoms with Crippen LogP contribution >= 0.6 is 0 Å². The lowest BCUT2D eigenvalue weighted by Gasteiger charge is -2.37.